The zero-order chi connectivity index (χ0) is 11.2. The molecule has 1 aromatic rings. The quantitative estimate of drug-likeness (QED) is 0.828. The average molecular weight is 221 g/mol. The van der Waals surface area contributed by atoms with Crippen LogP contribution < -0.4 is 5.73 Å². The van der Waals surface area contributed by atoms with Crippen molar-refractivity contribution in [1.29, 1.82) is 0 Å². The molecule has 3 rings (SSSR count). The summed E-state index contributed by atoms with van der Waals surface area (Å²) in [6.45, 7) is 0. The Morgan fingerprint density at radius 1 is 1.62 bits per heavy atom. The molecule has 3 heterocycles. The van der Waals surface area contributed by atoms with Crippen molar-refractivity contribution in [3.05, 3.63) is 18.0 Å². The lowest BCUT2D eigenvalue weighted by Crippen LogP contribution is -2.49. The fourth-order valence-electron chi connectivity index (χ4n) is 3.10. The van der Waals surface area contributed by atoms with Crippen LogP contribution in [0, 0.1) is 0 Å². The third-order valence-electron chi connectivity index (χ3n) is 4.13. The van der Waals surface area contributed by atoms with Gasteiger partial charge in [-0.2, -0.15) is 5.10 Å². The molecule has 16 heavy (non-hydrogen) atoms. The first-order valence-corrected chi connectivity index (χ1v) is 6.09. The molecule has 2 bridgehead atoms. The van der Waals surface area contributed by atoms with E-state index in [4.69, 9.17) is 10.5 Å². The van der Waals surface area contributed by atoms with Crippen LogP contribution in [-0.2, 0) is 18.2 Å². The van der Waals surface area contributed by atoms with E-state index in [1.54, 1.807) is 0 Å². The van der Waals surface area contributed by atoms with Crippen LogP contribution in [0.2, 0.25) is 0 Å². The van der Waals surface area contributed by atoms with Gasteiger partial charge in [-0.1, -0.05) is 0 Å². The van der Waals surface area contributed by atoms with E-state index < -0.39 is 0 Å². The molecule has 0 spiro atoms. The van der Waals surface area contributed by atoms with Crippen molar-refractivity contribution in [2.24, 2.45) is 12.8 Å². The Balaban J connectivity index is 1.65. The molecule has 3 atom stereocenters. The Bertz CT molecular complexity index is 389. The molecule has 4 heteroatoms. The molecule has 1 aromatic heterocycles. The largest absolute Gasteiger partial charge is 0.373 e. The molecule has 2 aliphatic rings. The molecule has 2 aliphatic heterocycles. The van der Waals surface area contributed by atoms with E-state index >= 15 is 0 Å². The normalized spacial score (nSPS) is 37.1. The van der Waals surface area contributed by atoms with Crippen LogP contribution in [0.4, 0.5) is 0 Å². The van der Waals surface area contributed by atoms with Gasteiger partial charge in [-0.15, -0.1) is 0 Å². The van der Waals surface area contributed by atoms with Crippen molar-refractivity contribution in [2.45, 2.75) is 49.9 Å². The van der Waals surface area contributed by atoms with E-state index in [0.717, 1.165) is 25.7 Å². The van der Waals surface area contributed by atoms with Gasteiger partial charge in [0.05, 0.1) is 12.2 Å². The average Bonchev–Trinajstić information content (AvgIpc) is 2.91. The number of nitrogens with zero attached hydrogens (tertiary/aromatic N) is 2. The Kier molecular flexibility index (Phi) is 2.30. The Hall–Kier alpha value is -0.870. The maximum Gasteiger partial charge on any atom is 0.0760 e. The Morgan fingerprint density at radius 3 is 3.06 bits per heavy atom. The molecular weight excluding hydrogens is 202 g/mol. The molecule has 2 saturated heterocycles. The first kappa shape index (κ1) is 10.3. The Labute approximate surface area is 95.8 Å². The maximum absolute atomic E-state index is 6.46. The number of rotatable bonds is 3. The van der Waals surface area contributed by atoms with Crippen molar-refractivity contribution in [1.82, 2.24) is 9.78 Å². The van der Waals surface area contributed by atoms with Gasteiger partial charge >= 0.3 is 0 Å². The second-order valence-corrected chi connectivity index (χ2v) is 5.21. The van der Waals surface area contributed by atoms with Gasteiger partial charge in [0.15, 0.2) is 0 Å². The number of aryl methyl sites for hydroxylation is 2. The third-order valence-corrected chi connectivity index (χ3v) is 4.13. The van der Waals surface area contributed by atoms with E-state index in [-0.39, 0.29) is 5.54 Å². The minimum atomic E-state index is -0.0901. The second kappa shape index (κ2) is 3.57. The van der Waals surface area contributed by atoms with Crippen LogP contribution in [0.15, 0.2) is 12.3 Å². The van der Waals surface area contributed by atoms with Crippen molar-refractivity contribution in [3.8, 4) is 0 Å². The predicted octanol–water partition coefficient (Wildman–Crippen LogP) is 1.00. The summed E-state index contributed by atoms with van der Waals surface area (Å²) in [5, 5.41) is 4.18. The molecule has 0 amide bonds. The molecule has 4 nitrogen and oxygen atoms in total. The van der Waals surface area contributed by atoms with E-state index in [1.807, 2.05) is 17.9 Å². The van der Waals surface area contributed by atoms with Crippen LogP contribution in [0.5, 0.6) is 0 Å². The number of aromatic nitrogens is 2. The van der Waals surface area contributed by atoms with Crippen LogP contribution in [0.1, 0.15) is 31.4 Å². The molecule has 3 unspecified atom stereocenters. The fraction of sp³-hybridized carbons (Fsp3) is 0.750. The van der Waals surface area contributed by atoms with Crippen LogP contribution in [-0.4, -0.2) is 27.5 Å². The first-order valence-electron chi connectivity index (χ1n) is 6.09. The smallest absolute Gasteiger partial charge is 0.0760 e. The maximum atomic E-state index is 6.46. The minimum Gasteiger partial charge on any atom is -0.373 e. The molecule has 88 valence electrons. The lowest BCUT2D eigenvalue weighted by atomic mass is 9.79. The SMILES string of the molecule is Cn1nccc1CCC1(N)CC2CCC1O2. The van der Waals surface area contributed by atoms with Gasteiger partial charge < -0.3 is 10.5 Å². The van der Waals surface area contributed by atoms with Gasteiger partial charge in [0, 0.05) is 24.5 Å². The first-order chi connectivity index (χ1) is 7.67. The third kappa shape index (κ3) is 1.57. The molecule has 2 N–H and O–H groups in total. The number of ether oxygens (including phenoxy) is 1. The van der Waals surface area contributed by atoms with Crippen LogP contribution in [0.3, 0.4) is 0 Å². The summed E-state index contributed by atoms with van der Waals surface area (Å²) in [6, 6.07) is 2.07. The van der Waals surface area contributed by atoms with E-state index in [9.17, 15) is 0 Å². The van der Waals surface area contributed by atoms with E-state index in [1.165, 1.54) is 12.1 Å². The number of nitrogens with two attached hydrogens (primary N) is 1. The summed E-state index contributed by atoms with van der Waals surface area (Å²) in [5.41, 5.74) is 7.62. The monoisotopic (exact) mass is 221 g/mol. The number of fused-ring (bicyclic) bond motifs is 2. The van der Waals surface area contributed by atoms with Gasteiger partial charge in [-0.05, 0) is 38.2 Å². The topological polar surface area (TPSA) is 53.1 Å². The molecule has 0 saturated carbocycles. The van der Waals surface area contributed by atoms with Gasteiger partial charge in [0.25, 0.3) is 0 Å². The van der Waals surface area contributed by atoms with Gasteiger partial charge in [-0.25, -0.2) is 0 Å². The van der Waals surface area contributed by atoms with Crippen molar-refractivity contribution in [3.63, 3.8) is 0 Å². The highest BCUT2D eigenvalue weighted by atomic mass is 16.5. The van der Waals surface area contributed by atoms with Gasteiger partial charge in [0.2, 0.25) is 0 Å². The van der Waals surface area contributed by atoms with Crippen molar-refractivity contribution < 1.29 is 4.74 Å². The zero-order valence-corrected chi connectivity index (χ0v) is 9.72. The molecule has 0 radical (unpaired) electrons. The molecule has 2 fully saturated rings. The van der Waals surface area contributed by atoms with Gasteiger partial charge in [0.1, 0.15) is 0 Å². The highest BCUT2D eigenvalue weighted by molar-refractivity contribution is 5.08. The second-order valence-electron chi connectivity index (χ2n) is 5.21. The Morgan fingerprint density at radius 2 is 2.50 bits per heavy atom. The van der Waals surface area contributed by atoms with Crippen molar-refractivity contribution >= 4 is 0 Å². The number of hydrogen-bond donors (Lipinski definition) is 1. The van der Waals surface area contributed by atoms with Crippen LogP contribution in [0.25, 0.3) is 0 Å². The molecular formula is C12H19N3O. The zero-order valence-electron chi connectivity index (χ0n) is 9.72. The summed E-state index contributed by atoms with van der Waals surface area (Å²) < 4.78 is 7.77. The standard InChI is InChI=1S/C12H19N3O/c1-15-9(5-7-14-15)4-6-12(13)8-10-2-3-11(12)16-10/h5,7,10-11H,2-4,6,8,13H2,1H3. The minimum absolute atomic E-state index is 0.0901. The summed E-state index contributed by atoms with van der Waals surface area (Å²) >= 11 is 0. The summed E-state index contributed by atoms with van der Waals surface area (Å²) in [4.78, 5) is 0. The molecule has 0 aliphatic carbocycles. The van der Waals surface area contributed by atoms with E-state index in [2.05, 4.69) is 11.2 Å². The lowest BCUT2D eigenvalue weighted by molar-refractivity contribution is 0.0838. The van der Waals surface area contributed by atoms with Crippen molar-refractivity contribution in [2.75, 3.05) is 0 Å². The fourth-order valence-corrected chi connectivity index (χ4v) is 3.10. The summed E-state index contributed by atoms with van der Waals surface area (Å²) in [6.07, 6.45) is 7.97. The summed E-state index contributed by atoms with van der Waals surface area (Å²) in [7, 11) is 1.98. The predicted molar refractivity (Wildman–Crippen MR) is 61.0 cm³/mol. The number of hydrogen-bond acceptors (Lipinski definition) is 3. The highest BCUT2D eigenvalue weighted by Gasteiger charge is 2.49. The lowest BCUT2D eigenvalue weighted by Gasteiger charge is -2.31. The molecule has 0 aromatic carbocycles. The van der Waals surface area contributed by atoms with Crippen LogP contribution >= 0.6 is 0 Å². The van der Waals surface area contributed by atoms with Gasteiger partial charge in [-0.3, -0.25) is 4.68 Å². The van der Waals surface area contributed by atoms with E-state index in [0.29, 0.717) is 12.2 Å². The summed E-state index contributed by atoms with van der Waals surface area (Å²) in [5.74, 6) is 0. The highest BCUT2D eigenvalue weighted by Crippen LogP contribution is 2.42.